The number of nitrogens with one attached hydrogen (secondary N) is 1. The standard InChI is InChI=1S/C20H22N2O2/c23-20(21-19-7-2-1-3-8-19)16-6-4-5-15(9-16)10-22-11-17-13-24-14-18(17)12-22/h1-9,17-18H,10-14H2,(H,21,23)/t17-,18+. The van der Waals surface area contributed by atoms with Gasteiger partial charge in [0.2, 0.25) is 0 Å². The van der Waals surface area contributed by atoms with Gasteiger partial charge in [0.25, 0.3) is 5.91 Å². The Hall–Kier alpha value is -2.17. The van der Waals surface area contributed by atoms with Crippen molar-refractivity contribution in [2.75, 3.05) is 31.6 Å². The number of carbonyl (C=O) groups excluding carboxylic acids is 1. The van der Waals surface area contributed by atoms with E-state index in [0.717, 1.165) is 38.5 Å². The molecule has 2 fully saturated rings. The summed E-state index contributed by atoms with van der Waals surface area (Å²) in [6.45, 7) is 4.91. The van der Waals surface area contributed by atoms with Crippen LogP contribution in [0.25, 0.3) is 0 Å². The van der Waals surface area contributed by atoms with Crippen molar-refractivity contribution in [3.8, 4) is 0 Å². The zero-order chi connectivity index (χ0) is 16.4. The van der Waals surface area contributed by atoms with Gasteiger partial charge in [-0.25, -0.2) is 0 Å². The molecule has 4 nitrogen and oxygen atoms in total. The maximum absolute atomic E-state index is 12.4. The van der Waals surface area contributed by atoms with Gasteiger partial charge in [-0.05, 0) is 29.8 Å². The Morgan fingerprint density at radius 1 is 1.04 bits per heavy atom. The number of para-hydroxylation sites is 1. The quantitative estimate of drug-likeness (QED) is 0.941. The summed E-state index contributed by atoms with van der Waals surface area (Å²) >= 11 is 0. The van der Waals surface area contributed by atoms with Crippen LogP contribution in [0.2, 0.25) is 0 Å². The SMILES string of the molecule is O=C(Nc1ccccc1)c1cccc(CN2C[C@H]3COC[C@H]3C2)c1. The predicted molar refractivity (Wildman–Crippen MR) is 93.9 cm³/mol. The monoisotopic (exact) mass is 322 g/mol. The highest BCUT2D eigenvalue weighted by Crippen LogP contribution is 2.30. The van der Waals surface area contributed by atoms with E-state index in [0.29, 0.717) is 17.4 Å². The molecule has 2 aromatic rings. The van der Waals surface area contributed by atoms with Crippen molar-refractivity contribution in [3.63, 3.8) is 0 Å². The molecule has 0 bridgehead atoms. The zero-order valence-electron chi connectivity index (χ0n) is 13.7. The van der Waals surface area contributed by atoms with Crippen LogP contribution in [0.4, 0.5) is 5.69 Å². The smallest absolute Gasteiger partial charge is 0.255 e. The molecule has 4 rings (SSSR count). The fourth-order valence-electron chi connectivity index (χ4n) is 3.71. The molecule has 0 unspecified atom stereocenters. The Kier molecular flexibility index (Phi) is 4.32. The third-order valence-electron chi connectivity index (χ3n) is 4.94. The summed E-state index contributed by atoms with van der Waals surface area (Å²) in [5.41, 5.74) is 2.72. The van der Waals surface area contributed by atoms with Crippen LogP contribution in [0.15, 0.2) is 54.6 Å². The Morgan fingerprint density at radius 3 is 2.54 bits per heavy atom. The molecule has 2 aliphatic heterocycles. The van der Waals surface area contributed by atoms with Gasteiger partial charge in [-0.2, -0.15) is 0 Å². The second-order valence-corrected chi connectivity index (χ2v) is 6.77. The minimum atomic E-state index is -0.0604. The summed E-state index contributed by atoms with van der Waals surface area (Å²) in [5, 5.41) is 2.94. The number of rotatable bonds is 4. The first-order chi connectivity index (χ1) is 11.8. The van der Waals surface area contributed by atoms with Crippen molar-refractivity contribution in [2.24, 2.45) is 11.8 Å². The van der Waals surface area contributed by atoms with Gasteiger partial charge in [0.1, 0.15) is 0 Å². The van der Waals surface area contributed by atoms with E-state index < -0.39 is 0 Å². The van der Waals surface area contributed by atoms with Crippen LogP contribution >= 0.6 is 0 Å². The number of ether oxygens (including phenoxy) is 1. The minimum absolute atomic E-state index is 0.0604. The van der Waals surface area contributed by atoms with E-state index in [4.69, 9.17) is 4.74 Å². The molecule has 24 heavy (non-hydrogen) atoms. The number of amides is 1. The molecule has 0 radical (unpaired) electrons. The van der Waals surface area contributed by atoms with Gasteiger partial charge >= 0.3 is 0 Å². The fourth-order valence-corrected chi connectivity index (χ4v) is 3.71. The van der Waals surface area contributed by atoms with Gasteiger partial charge < -0.3 is 10.1 Å². The molecule has 1 N–H and O–H groups in total. The van der Waals surface area contributed by atoms with Crippen molar-refractivity contribution in [3.05, 3.63) is 65.7 Å². The molecule has 2 aromatic carbocycles. The summed E-state index contributed by atoms with van der Waals surface area (Å²) in [6.07, 6.45) is 0. The van der Waals surface area contributed by atoms with Crippen LogP contribution < -0.4 is 5.32 Å². The first kappa shape index (κ1) is 15.4. The second kappa shape index (κ2) is 6.75. The van der Waals surface area contributed by atoms with Crippen LogP contribution in [-0.2, 0) is 11.3 Å². The van der Waals surface area contributed by atoms with E-state index in [9.17, 15) is 4.79 Å². The van der Waals surface area contributed by atoms with Crippen molar-refractivity contribution < 1.29 is 9.53 Å². The minimum Gasteiger partial charge on any atom is -0.381 e. The highest BCUT2D eigenvalue weighted by molar-refractivity contribution is 6.04. The number of benzene rings is 2. The fraction of sp³-hybridized carbons (Fsp3) is 0.350. The molecule has 0 aromatic heterocycles. The summed E-state index contributed by atoms with van der Waals surface area (Å²) in [6, 6.07) is 17.5. The van der Waals surface area contributed by atoms with E-state index in [1.54, 1.807) is 0 Å². The summed E-state index contributed by atoms with van der Waals surface area (Å²) in [5.74, 6) is 1.32. The lowest BCUT2D eigenvalue weighted by atomic mass is 10.0. The van der Waals surface area contributed by atoms with E-state index >= 15 is 0 Å². The van der Waals surface area contributed by atoms with Crippen molar-refractivity contribution in [1.82, 2.24) is 4.90 Å². The third-order valence-corrected chi connectivity index (χ3v) is 4.94. The molecule has 2 heterocycles. The number of carbonyl (C=O) groups is 1. The largest absolute Gasteiger partial charge is 0.381 e. The first-order valence-electron chi connectivity index (χ1n) is 8.53. The molecule has 0 saturated carbocycles. The van der Waals surface area contributed by atoms with Crippen molar-refractivity contribution in [1.29, 1.82) is 0 Å². The van der Waals surface area contributed by atoms with E-state index in [1.807, 2.05) is 48.5 Å². The lowest BCUT2D eigenvalue weighted by Gasteiger charge is -2.17. The number of likely N-dealkylation sites (tertiary alicyclic amines) is 1. The molecule has 124 valence electrons. The Labute approximate surface area is 142 Å². The molecule has 2 atom stereocenters. The number of hydrogen-bond donors (Lipinski definition) is 1. The van der Waals surface area contributed by atoms with Gasteiger partial charge in [0, 0.05) is 42.7 Å². The Morgan fingerprint density at radius 2 is 1.79 bits per heavy atom. The summed E-state index contributed by atoms with van der Waals surface area (Å²) in [7, 11) is 0. The van der Waals surface area contributed by atoms with E-state index in [-0.39, 0.29) is 5.91 Å². The van der Waals surface area contributed by atoms with Gasteiger partial charge in [-0.1, -0.05) is 30.3 Å². The lowest BCUT2D eigenvalue weighted by Crippen LogP contribution is -2.22. The number of anilines is 1. The number of hydrogen-bond acceptors (Lipinski definition) is 3. The maximum atomic E-state index is 12.4. The van der Waals surface area contributed by atoms with Crippen molar-refractivity contribution in [2.45, 2.75) is 6.54 Å². The lowest BCUT2D eigenvalue weighted by molar-refractivity contribution is 0.102. The normalized spacial score (nSPS) is 23.2. The van der Waals surface area contributed by atoms with Crippen LogP contribution in [0.5, 0.6) is 0 Å². The molecule has 0 aliphatic carbocycles. The zero-order valence-corrected chi connectivity index (χ0v) is 13.7. The molecular formula is C20H22N2O2. The number of fused-ring (bicyclic) bond motifs is 1. The van der Waals surface area contributed by atoms with Crippen LogP contribution in [0, 0.1) is 11.8 Å². The van der Waals surface area contributed by atoms with Gasteiger partial charge in [-0.3, -0.25) is 9.69 Å². The Bertz CT molecular complexity index is 705. The van der Waals surface area contributed by atoms with Crippen LogP contribution in [0.1, 0.15) is 15.9 Å². The molecule has 4 heteroatoms. The molecule has 0 spiro atoms. The summed E-state index contributed by atoms with van der Waals surface area (Å²) in [4.78, 5) is 14.9. The van der Waals surface area contributed by atoms with Crippen LogP contribution in [0.3, 0.4) is 0 Å². The van der Waals surface area contributed by atoms with Gasteiger partial charge in [0.15, 0.2) is 0 Å². The molecule has 2 aliphatic rings. The highest BCUT2D eigenvalue weighted by Gasteiger charge is 2.36. The molecule has 2 saturated heterocycles. The van der Waals surface area contributed by atoms with Crippen LogP contribution in [-0.4, -0.2) is 37.1 Å². The number of nitrogens with zero attached hydrogens (tertiary/aromatic N) is 1. The maximum Gasteiger partial charge on any atom is 0.255 e. The average molecular weight is 322 g/mol. The second-order valence-electron chi connectivity index (χ2n) is 6.77. The average Bonchev–Trinajstić information content (AvgIpc) is 3.17. The molecular weight excluding hydrogens is 300 g/mol. The van der Waals surface area contributed by atoms with Gasteiger partial charge in [0.05, 0.1) is 13.2 Å². The Balaban J connectivity index is 1.41. The first-order valence-corrected chi connectivity index (χ1v) is 8.53. The topological polar surface area (TPSA) is 41.6 Å². The van der Waals surface area contributed by atoms with E-state index in [2.05, 4.69) is 16.3 Å². The third kappa shape index (κ3) is 3.35. The highest BCUT2D eigenvalue weighted by atomic mass is 16.5. The predicted octanol–water partition coefficient (Wildman–Crippen LogP) is 3.02. The van der Waals surface area contributed by atoms with Gasteiger partial charge in [-0.15, -0.1) is 0 Å². The summed E-state index contributed by atoms with van der Waals surface area (Å²) < 4.78 is 5.54. The van der Waals surface area contributed by atoms with E-state index in [1.165, 1.54) is 5.56 Å². The molecule has 1 amide bonds. The van der Waals surface area contributed by atoms with Crippen molar-refractivity contribution >= 4 is 11.6 Å².